The highest BCUT2D eigenvalue weighted by atomic mass is 32.2. The van der Waals surface area contributed by atoms with Crippen molar-refractivity contribution >= 4 is 38.4 Å². The Labute approximate surface area is 266 Å². The summed E-state index contributed by atoms with van der Waals surface area (Å²) in [6, 6.07) is 11.4. The van der Waals surface area contributed by atoms with Gasteiger partial charge in [-0.2, -0.15) is 12.7 Å². The highest BCUT2D eigenvalue weighted by molar-refractivity contribution is 7.90. The molecule has 4 aromatic rings. The first kappa shape index (κ1) is 32.0. The Kier molecular flexibility index (Phi) is 9.10. The van der Waals surface area contributed by atoms with Crippen LogP contribution in [0.5, 0.6) is 0 Å². The topological polar surface area (TPSA) is 117 Å². The molecule has 0 bridgehead atoms. The number of benzene rings is 2. The van der Waals surface area contributed by atoms with Gasteiger partial charge < -0.3 is 19.4 Å². The molecule has 2 aromatic heterocycles. The van der Waals surface area contributed by atoms with E-state index in [1.54, 1.807) is 33.4 Å². The molecule has 2 aromatic carbocycles. The van der Waals surface area contributed by atoms with E-state index in [2.05, 4.69) is 19.6 Å². The van der Waals surface area contributed by atoms with Crippen LogP contribution in [0.3, 0.4) is 0 Å². The molecule has 6 rings (SSSR count). The maximum absolute atomic E-state index is 15.7. The van der Waals surface area contributed by atoms with Crippen LogP contribution in [0.2, 0.25) is 0 Å². The van der Waals surface area contributed by atoms with Gasteiger partial charge in [0.05, 0.1) is 11.3 Å². The summed E-state index contributed by atoms with van der Waals surface area (Å²) in [7, 11) is -0.779. The number of nitrogens with one attached hydrogen (secondary N) is 2. The molecule has 46 heavy (non-hydrogen) atoms. The number of hydrogen-bond acceptors (Lipinski definition) is 7. The summed E-state index contributed by atoms with van der Waals surface area (Å²) in [4.78, 5) is 23.3. The summed E-state index contributed by atoms with van der Waals surface area (Å²) in [6.07, 6.45) is 6.09. The lowest BCUT2D eigenvalue weighted by molar-refractivity contribution is -0.141. The maximum atomic E-state index is 15.7. The molecule has 1 unspecified atom stereocenters. The molecule has 10 nitrogen and oxygen atoms in total. The molecule has 2 N–H and O–H groups in total. The Bertz CT molecular complexity index is 1840. The van der Waals surface area contributed by atoms with Gasteiger partial charge >= 0.3 is 10.2 Å². The zero-order chi connectivity index (χ0) is 32.6. The van der Waals surface area contributed by atoms with E-state index in [0.29, 0.717) is 36.3 Å². The minimum absolute atomic E-state index is 0.0141. The molecule has 0 aliphatic carbocycles. The van der Waals surface area contributed by atoms with Gasteiger partial charge in [0.1, 0.15) is 11.5 Å². The van der Waals surface area contributed by atoms with Crippen LogP contribution in [0.15, 0.2) is 54.9 Å². The number of anilines is 2. The number of halogens is 2. The summed E-state index contributed by atoms with van der Waals surface area (Å²) in [5.74, 6) is -2.97. The van der Waals surface area contributed by atoms with E-state index >= 15 is 8.78 Å². The van der Waals surface area contributed by atoms with Gasteiger partial charge in [-0.3, -0.25) is 9.52 Å². The van der Waals surface area contributed by atoms with Crippen molar-refractivity contribution in [3.05, 3.63) is 77.6 Å². The average Bonchev–Trinajstić information content (AvgIpc) is 3.70. The Hall–Kier alpha value is -3.91. The number of hydrogen-bond donors (Lipinski definition) is 2. The summed E-state index contributed by atoms with van der Waals surface area (Å²) in [5.41, 5.74) is 1.70. The van der Waals surface area contributed by atoms with E-state index in [1.807, 2.05) is 24.3 Å². The van der Waals surface area contributed by atoms with Crippen LogP contribution in [0.4, 0.5) is 20.2 Å². The number of carbonyl (C=O) groups is 1. The van der Waals surface area contributed by atoms with Gasteiger partial charge in [-0.1, -0.05) is 12.1 Å². The summed E-state index contributed by atoms with van der Waals surface area (Å²) in [5, 5.41) is 0.384. The molecular weight excluding hydrogens is 616 g/mol. The number of pyridine rings is 1. The van der Waals surface area contributed by atoms with Gasteiger partial charge in [-0.05, 0) is 68.5 Å². The molecule has 2 fully saturated rings. The van der Waals surface area contributed by atoms with Crippen LogP contribution in [0.25, 0.3) is 22.2 Å². The molecule has 0 saturated carbocycles. The first-order chi connectivity index (χ1) is 22.1. The number of H-pyrrole nitrogens is 1. The van der Waals surface area contributed by atoms with Gasteiger partial charge in [0.25, 0.3) is 0 Å². The fourth-order valence-electron chi connectivity index (χ4n) is 6.56. The van der Waals surface area contributed by atoms with Crippen molar-refractivity contribution < 1.29 is 31.5 Å². The van der Waals surface area contributed by atoms with Gasteiger partial charge in [0, 0.05) is 80.4 Å². The van der Waals surface area contributed by atoms with Crippen molar-refractivity contribution in [1.82, 2.24) is 14.3 Å². The van der Waals surface area contributed by atoms with Crippen LogP contribution in [0.1, 0.15) is 48.5 Å². The van der Waals surface area contributed by atoms with Crippen molar-refractivity contribution in [3.8, 4) is 11.1 Å². The second kappa shape index (κ2) is 13.1. The normalized spacial score (nSPS) is 18.1. The molecule has 1 atom stereocenters. The Morgan fingerprint density at radius 1 is 1.02 bits per heavy atom. The van der Waals surface area contributed by atoms with Crippen molar-refractivity contribution in [1.29, 1.82) is 0 Å². The van der Waals surface area contributed by atoms with Gasteiger partial charge in [0.15, 0.2) is 12.1 Å². The number of methoxy groups -OCH3 is 2. The molecule has 13 heteroatoms. The predicted octanol–water partition coefficient (Wildman–Crippen LogP) is 5.72. The molecule has 2 aliphatic rings. The van der Waals surface area contributed by atoms with E-state index in [9.17, 15) is 13.2 Å². The Balaban J connectivity index is 1.23. The summed E-state index contributed by atoms with van der Waals surface area (Å²) in [6.45, 7) is 3.81. The number of rotatable bonds is 10. The zero-order valence-electron chi connectivity index (χ0n) is 25.9. The van der Waals surface area contributed by atoms with Crippen molar-refractivity contribution in [3.63, 3.8) is 0 Å². The molecular formula is C33H37F2N5O5S. The first-order valence-electron chi connectivity index (χ1n) is 15.3. The van der Waals surface area contributed by atoms with Crippen LogP contribution in [-0.2, 0) is 19.7 Å². The molecule has 2 saturated heterocycles. The molecule has 0 spiro atoms. The average molecular weight is 654 g/mol. The van der Waals surface area contributed by atoms with E-state index in [-0.39, 0.29) is 17.9 Å². The lowest BCUT2D eigenvalue weighted by atomic mass is 9.95. The quantitative estimate of drug-likeness (QED) is 0.166. The van der Waals surface area contributed by atoms with Crippen LogP contribution < -0.4 is 9.62 Å². The monoisotopic (exact) mass is 653 g/mol. The third-order valence-corrected chi connectivity index (χ3v) is 10.7. The number of piperidine rings is 1. The number of ketones is 1. The van der Waals surface area contributed by atoms with Crippen molar-refractivity contribution in [2.75, 3.05) is 43.5 Å². The van der Waals surface area contributed by atoms with E-state index in [0.717, 1.165) is 54.9 Å². The molecule has 2 aliphatic heterocycles. The minimum atomic E-state index is -4.10. The van der Waals surface area contributed by atoms with Crippen molar-refractivity contribution in [2.24, 2.45) is 5.92 Å². The third kappa shape index (κ3) is 6.11. The fraction of sp³-hybridized carbons (Fsp3) is 0.394. The van der Waals surface area contributed by atoms with Crippen LogP contribution in [-0.4, -0.2) is 74.7 Å². The Morgan fingerprint density at radius 2 is 1.74 bits per heavy atom. The van der Waals surface area contributed by atoms with Gasteiger partial charge in [-0.15, -0.1) is 0 Å². The van der Waals surface area contributed by atoms with E-state index < -0.39 is 38.9 Å². The van der Waals surface area contributed by atoms with Crippen LogP contribution >= 0.6 is 0 Å². The minimum Gasteiger partial charge on any atom is -0.372 e. The largest absolute Gasteiger partial charge is 0.372 e. The standard InChI is InChI=1S/C33H37F2N5O5S/c1-20-5-4-14-40(20)46(42,43)38-28-11-10-27(34)29(30(28)35)31(41)26-19-37-32-25(26)17-23(18-36-32)21-6-8-24(9-7-21)39-15-12-22(13-16-39)33(44-2)45-3/h6-11,17-20,22,33,38H,4-5,12-16H2,1-3H3,(H,36,37). The molecule has 244 valence electrons. The molecule has 0 amide bonds. The van der Waals surface area contributed by atoms with E-state index in [4.69, 9.17) is 9.47 Å². The second-order valence-corrected chi connectivity index (χ2v) is 13.5. The molecule has 0 radical (unpaired) electrons. The lowest BCUT2D eigenvalue weighted by Crippen LogP contribution is -2.39. The number of ether oxygens (including phenoxy) is 2. The highest BCUT2D eigenvalue weighted by Gasteiger charge is 2.33. The lowest BCUT2D eigenvalue weighted by Gasteiger charge is -2.36. The molecule has 4 heterocycles. The number of nitrogens with zero attached hydrogens (tertiary/aromatic N) is 3. The number of aromatic amines is 1. The van der Waals surface area contributed by atoms with Crippen molar-refractivity contribution in [2.45, 2.75) is 44.9 Å². The second-order valence-electron chi connectivity index (χ2n) is 11.9. The zero-order valence-corrected chi connectivity index (χ0v) is 26.7. The van der Waals surface area contributed by atoms with Gasteiger partial charge in [0.2, 0.25) is 5.78 Å². The summed E-state index contributed by atoms with van der Waals surface area (Å²) >= 11 is 0. The maximum Gasteiger partial charge on any atom is 0.301 e. The number of carbonyl (C=O) groups excluding carboxylic acids is 1. The Morgan fingerprint density at radius 3 is 2.39 bits per heavy atom. The SMILES string of the molecule is COC(OC)C1CCN(c2ccc(-c3cnc4[nH]cc(C(=O)c5c(F)ccc(NS(=O)(=O)N6CCCC6C)c5F)c4c3)cc2)CC1. The highest BCUT2D eigenvalue weighted by Crippen LogP contribution is 2.32. The third-order valence-electron chi connectivity index (χ3n) is 9.09. The van der Waals surface area contributed by atoms with E-state index in [1.165, 1.54) is 10.5 Å². The van der Waals surface area contributed by atoms with Gasteiger partial charge in [-0.25, -0.2) is 13.8 Å². The summed E-state index contributed by atoms with van der Waals surface area (Å²) < 4.78 is 70.8. The van der Waals surface area contributed by atoms with Crippen LogP contribution in [0, 0.1) is 17.6 Å². The fourth-order valence-corrected chi connectivity index (χ4v) is 8.06. The first-order valence-corrected chi connectivity index (χ1v) is 16.8. The smallest absolute Gasteiger partial charge is 0.301 e. The predicted molar refractivity (Wildman–Crippen MR) is 172 cm³/mol. The number of aromatic nitrogens is 2. The number of fused-ring (bicyclic) bond motifs is 1.